The van der Waals surface area contributed by atoms with E-state index in [4.69, 9.17) is 0 Å². The molecule has 13 heavy (non-hydrogen) atoms. The topological polar surface area (TPSA) is 0 Å². The molecule has 0 heteroatoms. The van der Waals surface area contributed by atoms with Gasteiger partial charge < -0.3 is 0 Å². The van der Waals surface area contributed by atoms with Gasteiger partial charge in [-0.15, -0.1) is 0 Å². The molecule has 1 rings (SSSR count). The van der Waals surface area contributed by atoms with Crippen molar-refractivity contribution in [3.05, 3.63) is 0 Å². The van der Waals surface area contributed by atoms with Crippen molar-refractivity contribution in [2.24, 2.45) is 11.8 Å². The summed E-state index contributed by atoms with van der Waals surface area (Å²) in [5.74, 6) is 2.00. The highest BCUT2D eigenvalue weighted by atomic mass is 14.2. The van der Waals surface area contributed by atoms with Crippen molar-refractivity contribution in [2.45, 2.75) is 72.6 Å². The smallest absolute Gasteiger partial charge is 0.0414 e. The van der Waals surface area contributed by atoms with E-state index < -0.39 is 0 Å². The van der Waals surface area contributed by atoms with Crippen LogP contribution in [0.1, 0.15) is 72.6 Å². The van der Waals surface area contributed by atoms with Crippen LogP contribution in [0.3, 0.4) is 0 Å². The van der Waals surface area contributed by atoms with Gasteiger partial charge in [0.25, 0.3) is 0 Å². The zero-order chi connectivity index (χ0) is 10.1. The van der Waals surface area contributed by atoms with E-state index in [9.17, 15) is 0 Å². The van der Waals surface area contributed by atoms with Crippen LogP contribution in [0.25, 0.3) is 0 Å². The number of hydrogen-bond donors (Lipinski definition) is 0. The normalized spacial score (nSPS) is 18.2. The molecule has 0 aromatic carbocycles. The van der Waals surface area contributed by atoms with E-state index in [1.54, 1.807) is 0 Å². The Balaban J connectivity index is 0.000000671. The molecule has 0 saturated heterocycles. The lowest BCUT2D eigenvalue weighted by Crippen LogP contribution is -2.06. The van der Waals surface area contributed by atoms with Crippen LogP contribution in [-0.4, -0.2) is 0 Å². The van der Waals surface area contributed by atoms with Gasteiger partial charge in [0.1, 0.15) is 0 Å². The molecular weight excluding hydrogens is 156 g/mol. The molecule has 1 fully saturated rings. The first-order chi connectivity index (χ1) is 6.29. The molecule has 80 valence electrons. The van der Waals surface area contributed by atoms with Crippen molar-refractivity contribution in [3.8, 4) is 0 Å². The summed E-state index contributed by atoms with van der Waals surface area (Å²) in [6, 6.07) is 0. The van der Waals surface area contributed by atoms with Crippen LogP contribution in [0.2, 0.25) is 0 Å². The summed E-state index contributed by atoms with van der Waals surface area (Å²) in [5.41, 5.74) is 0. The minimum Gasteiger partial charge on any atom is -0.0683 e. The average Bonchev–Trinajstić information content (AvgIpc) is 2.19. The molecule has 0 heterocycles. The largest absolute Gasteiger partial charge is 0.0683 e. The van der Waals surface area contributed by atoms with E-state index in [1.165, 1.54) is 44.9 Å². The minimum absolute atomic E-state index is 0.914. The Morgan fingerprint density at radius 1 is 1.00 bits per heavy atom. The number of hydrogen-bond acceptors (Lipinski definition) is 0. The van der Waals surface area contributed by atoms with Crippen molar-refractivity contribution in [2.75, 3.05) is 0 Å². The number of rotatable bonds is 3. The SMILES string of the molecule is CC.CC(C)CCC1CCCCC1. The standard InChI is InChI=1S/C11H22.C2H6/c1-10(2)8-9-11-6-4-3-5-7-11;1-2/h10-11H,3-9H2,1-2H3;1-2H3. The summed E-state index contributed by atoms with van der Waals surface area (Å²) >= 11 is 0. The van der Waals surface area contributed by atoms with Crippen LogP contribution in [0, 0.1) is 11.8 Å². The molecule has 0 nitrogen and oxygen atoms in total. The predicted molar refractivity (Wildman–Crippen MR) is 62.0 cm³/mol. The Morgan fingerprint density at radius 2 is 1.54 bits per heavy atom. The Kier molecular flexibility index (Phi) is 8.59. The first-order valence-electron chi connectivity index (χ1n) is 6.29. The summed E-state index contributed by atoms with van der Waals surface area (Å²) in [5, 5.41) is 0. The average molecular weight is 184 g/mol. The maximum Gasteiger partial charge on any atom is -0.0414 e. The molecule has 0 unspecified atom stereocenters. The molecule has 1 aliphatic carbocycles. The molecule has 0 spiro atoms. The van der Waals surface area contributed by atoms with Crippen LogP contribution in [0.4, 0.5) is 0 Å². The molecule has 0 atom stereocenters. The van der Waals surface area contributed by atoms with Crippen LogP contribution >= 0.6 is 0 Å². The van der Waals surface area contributed by atoms with E-state index in [0.29, 0.717) is 0 Å². The lowest BCUT2D eigenvalue weighted by atomic mass is 9.85. The zero-order valence-corrected chi connectivity index (χ0v) is 10.1. The fourth-order valence-corrected chi connectivity index (χ4v) is 2.04. The molecule has 0 radical (unpaired) electrons. The highest BCUT2D eigenvalue weighted by Crippen LogP contribution is 2.28. The first kappa shape index (κ1) is 13.0. The van der Waals surface area contributed by atoms with Gasteiger partial charge in [0.15, 0.2) is 0 Å². The van der Waals surface area contributed by atoms with Gasteiger partial charge in [0, 0.05) is 0 Å². The third kappa shape index (κ3) is 7.10. The van der Waals surface area contributed by atoms with Gasteiger partial charge in [-0.1, -0.05) is 72.6 Å². The fraction of sp³-hybridized carbons (Fsp3) is 1.00. The molecule has 1 aliphatic rings. The van der Waals surface area contributed by atoms with E-state index in [0.717, 1.165) is 11.8 Å². The lowest BCUT2D eigenvalue weighted by Gasteiger charge is -2.21. The highest BCUT2D eigenvalue weighted by molar-refractivity contribution is 4.66. The van der Waals surface area contributed by atoms with Crippen LogP contribution in [0.15, 0.2) is 0 Å². The van der Waals surface area contributed by atoms with Crippen LogP contribution < -0.4 is 0 Å². The third-order valence-corrected chi connectivity index (χ3v) is 2.88. The summed E-state index contributed by atoms with van der Waals surface area (Å²) in [7, 11) is 0. The van der Waals surface area contributed by atoms with Crippen molar-refractivity contribution >= 4 is 0 Å². The Bertz CT molecular complexity index is 88.2. The van der Waals surface area contributed by atoms with Gasteiger partial charge in [0.2, 0.25) is 0 Å². The molecule has 0 aromatic heterocycles. The molecule has 0 amide bonds. The van der Waals surface area contributed by atoms with Crippen molar-refractivity contribution in [1.29, 1.82) is 0 Å². The third-order valence-electron chi connectivity index (χ3n) is 2.88. The minimum atomic E-state index is 0.914. The molecule has 0 bridgehead atoms. The second kappa shape index (κ2) is 8.59. The van der Waals surface area contributed by atoms with Gasteiger partial charge in [-0.2, -0.15) is 0 Å². The predicted octanol–water partition coefficient (Wildman–Crippen LogP) is 5.03. The van der Waals surface area contributed by atoms with Gasteiger partial charge in [0.05, 0.1) is 0 Å². The monoisotopic (exact) mass is 184 g/mol. The van der Waals surface area contributed by atoms with Gasteiger partial charge >= 0.3 is 0 Å². The van der Waals surface area contributed by atoms with Gasteiger partial charge in [-0.25, -0.2) is 0 Å². The van der Waals surface area contributed by atoms with E-state index in [-0.39, 0.29) is 0 Å². The lowest BCUT2D eigenvalue weighted by molar-refractivity contribution is 0.317. The second-order valence-electron chi connectivity index (χ2n) is 4.48. The molecule has 0 aromatic rings. The Hall–Kier alpha value is 0. The second-order valence-corrected chi connectivity index (χ2v) is 4.48. The van der Waals surface area contributed by atoms with Gasteiger partial charge in [-0.3, -0.25) is 0 Å². The van der Waals surface area contributed by atoms with Crippen molar-refractivity contribution in [3.63, 3.8) is 0 Å². The Morgan fingerprint density at radius 3 is 2.00 bits per heavy atom. The van der Waals surface area contributed by atoms with Crippen molar-refractivity contribution < 1.29 is 0 Å². The quantitative estimate of drug-likeness (QED) is 0.577. The summed E-state index contributed by atoms with van der Waals surface area (Å²) in [6.45, 7) is 8.67. The highest BCUT2D eigenvalue weighted by Gasteiger charge is 2.12. The zero-order valence-electron chi connectivity index (χ0n) is 10.1. The summed E-state index contributed by atoms with van der Waals surface area (Å²) in [4.78, 5) is 0. The maximum atomic E-state index is 2.34. The molecule has 0 N–H and O–H groups in total. The molecular formula is C13H28. The molecule has 1 saturated carbocycles. The van der Waals surface area contributed by atoms with E-state index >= 15 is 0 Å². The molecule has 0 aliphatic heterocycles. The fourth-order valence-electron chi connectivity index (χ4n) is 2.04. The van der Waals surface area contributed by atoms with Crippen LogP contribution in [0.5, 0.6) is 0 Å². The summed E-state index contributed by atoms with van der Waals surface area (Å²) < 4.78 is 0. The van der Waals surface area contributed by atoms with Crippen LogP contribution in [-0.2, 0) is 0 Å². The van der Waals surface area contributed by atoms with Gasteiger partial charge in [-0.05, 0) is 11.8 Å². The van der Waals surface area contributed by atoms with E-state index in [2.05, 4.69) is 13.8 Å². The maximum absolute atomic E-state index is 2.34. The Labute approximate surface area is 85.1 Å². The van der Waals surface area contributed by atoms with Crippen molar-refractivity contribution in [1.82, 2.24) is 0 Å². The first-order valence-corrected chi connectivity index (χ1v) is 6.29. The van der Waals surface area contributed by atoms with E-state index in [1.807, 2.05) is 13.8 Å². The summed E-state index contributed by atoms with van der Waals surface area (Å²) in [6.07, 6.45) is 10.5.